The van der Waals surface area contributed by atoms with E-state index in [1.807, 2.05) is 0 Å². The van der Waals surface area contributed by atoms with Crippen LogP contribution in [0.15, 0.2) is 22.8 Å². The highest BCUT2D eigenvalue weighted by atomic mass is 79.9. The predicted molar refractivity (Wildman–Crippen MR) is 47.2 cm³/mol. The van der Waals surface area contributed by atoms with Gasteiger partial charge in [-0.2, -0.15) is 0 Å². The van der Waals surface area contributed by atoms with Gasteiger partial charge in [0.15, 0.2) is 0 Å². The van der Waals surface area contributed by atoms with E-state index in [1.54, 1.807) is 6.07 Å². The highest BCUT2D eigenvalue weighted by molar-refractivity contribution is 9.10. The van der Waals surface area contributed by atoms with E-state index in [9.17, 15) is 0 Å². The first-order valence-electron chi connectivity index (χ1n) is 5.69. The van der Waals surface area contributed by atoms with Crippen molar-refractivity contribution >= 4 is 15.9 Å². The number of ether oxygens (including phenoxy) is 2. The molecule has 0 aromatic carbocycles. The lowest BCUT2D eigenvalue weighted by molar-refractivity contribution is -0.0813. The Hall–Kier alpha value is -0.610. The Morgan fingerprint density at radius 1 is 1.83 bits per heavy atom. The highest BCUT2D eigenvalue weighted by Crippen LogP contribution is 2.17. The van der Waals surface area contributed by atoms with Crippen molar-refractivity contribution < 1.29 is 16.3 Å². The maximum atomic E-state index is 7.72. The Kier molecular flexibility index (Phi) is 1.16. The van der Waals surface area contributed by atoms with Crippen LogP contribution in [0.1, 0.15) is 6.85 Å². The molecule has 1 aliphatic heterocycles. The molecule has 4 heteroatoms. The average molecular weight is 235 g/mol. The van der Waals surface area contributed by atoms with E-state index < -0.39 is 19.2 Å². The molecule has 1 aromatic heterocycles. The van der Waals surface area contributed by atoms with Gasteiger partial charge in [0.2, 0.25) is 5.88 Å². The quantitative estimate of drug-likeness (QED) is 0.780. The minimum atomic E-state index is -2.53. The zero-order chi connectivity index (χ0) is 12.9. The molecule has 0 atom stereocenters. The summed E-state index contributed by atoms with van der Waals surface area (Å²) in [6.45, 7) is -5.05. The third-order valence-corrected chi connectivity index (χ3v) is 1.68. The van der Waals surface area contributed by atoms with E-state index in [0.717, 1.165) is 0 Å². The monoisotopic (exact) mass is 234 g/mol. The molecule has 2 heterocycles. The van der Waals surface area contributed by atoms with Crippen molar-refractivity contribution in [2.45, 2.75) is 6.08 Å². The van der Waals surface area contributed by atoms with Crippen molar-refractivity contribution in [3.63, 3.8) is 0 Å². The second-order valence-electron chi connectivity index (χ2n) is 2.05. The molecule has 0 unspecified atom stereocenters. The van der Waals surface area contributed by atoms with Crippen molar-refractivity contribution in [2.24, 2.45) is 0 Å². The fraction of sp³-hybridized carbons (Fsp3) is 0.375. The molecule has 0 amide bonds. The molecule has 12 heavy (non-hydrogen) atoms. The lowest BCUT2D eigenvalue weighted by Gasteiger charge is -2.25. The first-order chi connectivity index (χ1) is 7.68. The van der Waals surface area contributed by atoms with Crippen LogP contribution in [0, 0.1) is 0 Å². The summed E-state index contributed by atoms with van der Waals surface area (Å²) >= 11 is 3.17. The van der Waals surface area contributed by atoms with Crippen LogP contribution in [0.5, 0.6) is 5.88 Å². The van der Waals surface area contributed by atoms with Gasteiger partial charge in [0.1, 0.15) is 6.08 Å². The molecule has 1 fully saturated rings. The van der Waals surface area contributed by atoms with Gasteiger partial charge in [-0.25, -0.2) is 4.98 Å². The number of rotatable bonds is 2. The average Bonchev–Trinajstić information content (AvgIpc) is 2.15. The lowest BCUT2D eigenvalue weighted by atomic mass is 10.3. The molecular weight excluding hydrogens is 222 g/mol. The minimum absolute atomic E-state index is 0.0505. The zero-order valence-electron chi connectivity index (χ0n) is 10.9. The molecular formula is C8H8BrNO2. The maximum Gasteiger partial charge on any atom is 0.214 e. The van der Waals surface area contributed by atoms with Crippen LogP contribution in [0.2, 0.25) is 0 Å². The second kappa shape index (κ2) is 3.41. The summed E-state index contributed by atoms with van der Waals surface area (Å²) in [5.41, 5.74) is 0. The Labute approximate surface area is 85.9 Å². The number of pyridine rings is 1. The second-order valence-corrected chi connectivity index (χ2v) is 2.97. The summed E-state index contributed by atoms with van der Waals surface area (Å²) in [5, 5.41) is 0. The van der Waals surface area contributed by atoms with Crippen LogP contribution in [0.4, 0.5) is 0 Å². The van der Waals surface area contributed by atoms with Crippen molar-refractivity contribution in [3.8, 4) is 5.88 Å². The van der Waals surface area contributed by atoms with E-state index >= 15 is 0 Å². The van der Waals surface area contributed by atoms with Crippen LogP contribution < -0.4 is 4.74 Å². The summed E-state index contributed by atoms with van der Waals surface area (Å²) < 4.78 is 47.0. The molecule has 0 aliphatic carbocycles. The molecule has 0 bridgehead atoms. The molecule has 1 aromatic rings. The van der Waals surface area contributed by atoms with Crippen LogP contribution in [-0.2, 0) is 4.74 Å². The summed E-state index contributed by atoms with van der Waals surface area (Å²) in [6.07, 6.45) is -1.08. The standard InChI is InChI=1S/C8H8BrNO2/c9-6-1-2-10-8(3-6)12-7-4-11-5-7/h1-3,7H,4-5H2/i4D2,5D2,7D. The van der Waals surface area contributed by atoms with Gasteiger partial charge < -0.3 is 9.47 Å². The Balaban J connectivity index is 2.28. The van der Waals surface area contributed by atoms with Gasteiger partial charge in [-0.1, -0.05) is 15.9 Å². The first-order valence-corrected chi connectivity index (χ1v) is 3.98. The fourth-order valence-electron chi connectivity index (χ4n) is 0.680. The minimum Gasteiger partial charge on any atom is -0.469 e. The molecule has 1 aliphatic rings. The fourth-order valence-corrected chi connectivity index (χ4v) is 0.994. The topological polar surface area (TPSA) is 31.4 Å². The lowest BCUT2D eigenvalue weighted by Crippen LogP contribution is -2.38. The molecule has 1 saturated heterocycles. The summed E-state index contributed by atoms with van der Waals surface area (Å²) in [6, 6.07) is 3.05. The van der Waals surface area contributed by atoms with E-state index in [2.05, 4.69) is 25.7 Å². The van der Waals surface area contributed by atoms with Crippen molar-refractivity contribution in [3.05, 3.63) is 22.8 Å². The van der Waals surface area contributed by atoms with Gasteiger partial charge in [-0.05, 0) is 6.07 Å². The third-order valence-electron chi connectivity index (χ3n) is 1.19. The van der Waals surface area contributed by atoms with E-state index in [4.69, 9.17) is 11.6 Å². The molecule has 0 N–H and O–H groups in total. The van der Waals surface area contributed by atoms with Gasteiger partial charge in [0.25, 0.3) is 0 Å². The normalized spacial score (nSPS) is 34.2. The Bertz CT molecular complexity index is 441. The van der Waals surface area contributed by atoms with Gasteiger partial charge in [-0.3, -0.25) is 0 Å². The number of nitrogens with zero attached hydrogens (tertiary/aromatic N) is 1. The van der Waals surface area contributed by atoms with Gasteiger partial charge in [0, 0.05) is 16.7 Å². The molecule has 3 nitrogen and oxygen atoms in total. The predicted octanol–water partition coefficient (Wildman–Crippen LogP) is 1.62. The zero-order valence-corrected chi connectivity index (χ0v) is 7.46. The maximum absolute atomic E-state index is 7.72. The summed E-state index contributed by atoms with van der Waals surface area (Å²) in [5.74, 6) is -0.0505. The van der Waals surface area contributed by atoms with Crippen LogP contribution in [-0.4, -0.2) is 24.2 Å². The van der Waals surface area contributed by atoms with Crippen LogP contribution >= 0.6 is 15.9 Å². The van der Waals surface area contributed by atoms with Crippen molar-refractivity contribution in [1.82, 2.24) is 4.98 Å². The number of hydrogen-bond acceptors (Lipinski definition) is 3. The molecule has 64 valence electrons. The van der Waals surface area contributed by atoms with Crippen molar-refractivity contribution in [2.75, 3.05) is 13.1 Å². The number of hydrogen-bond donors (Lipinski definition) is 0. The van der Waals surface area contributed by atoms with Gasteiger partial charge in [0.05, 0.1) is 20.0 Å². The van der Waals surface area contributed by atoms with E-state index in [0.29, 0.717) is 4.47 Å². The number of halogens is 1. The van der Waals surface area contributed by atoms with E-state index in [-0.39, 0.29) is 5.88 Å². The smallest absolute Gasteiger partial charge is 0.214 e. The molecule has 0 spiro atoms. The number of aromatic nitrogens is 1. The van der Waals surface area contributed by atoms with E-state index in [1.165, 1.54) is 12.3 Å². The third kappa shape index (κ3) is 1.76. The largest absolute Gasteiger partial charge is 0.469 e. The Morgan fingerprint density at radius 3 is 3.33 bits per heavy atom. The first kappa shape index (κ1) is 4.07. The summed E-state index contributed by atoms with van der Waals surface area (Å²) in [4.78, 5) is 3.78. The molecule has 2 rings (SSSR count). The molecule has 0 saturated carbocycles. The SMILES string of the molecule is [2H]C1([2H])OC([2H])([2H])C1([2H])Oc1cc(Br)ccn1. The highest BCUT2D eigenvalue weighted by Gasteiger charge is 2.20. The van der Waals surface area contributed by atoms with Crippen molar-refractivity contribution in [1.29, 1.82) is 0 Å². The van der Waals surface area contributed by atoms with Crippen LogP contribution in [0.3, 0.4) is 0 Å². The van der Waals surface area contributed by atoms with Gasteiger partial charge >= 0.3 is 0 Å². The Morgan fingerprint density at radius 2 is 2.67 bits per heavy atom. The van der Waals surface area contributed by atoms with Gasteiger partial charge in [-0.15, -0.1) is 0 Å². The summed E-state index contributed by atoms with van der Waals surface area (Å²) in [7, 11) is 0. The van der Waals surface area contributed by atoms with Crippen LogP contribution in [0.25, 0.3) is 0 Å². The molecule has 0 radical (unpaired) electrons.